The summed E-state index contributed by atoms with van der Waals surface area (Å²) >= 11 is 3.32. The number of phenolic OH excluding ortho intramolecular Hbond substituents is 1. The highest BCUT2D eigenvalue weighted by molar-refractivity contribution is 9.10. The quantitative estimate of drug-likeness (QED) is 0.899. The summed E-state index contributed by atoms with van der Waals surface area (Å²) < 4.78 is 0.756. The van der Waals surface area contributed by atoms with Crippen LogP contribution in [0.5, 0.6) is 5.75 Å². The van der Waals surface area contributed by atoms with E-state index in [1.165, 1.54) is 5.56 Å². The third kappa shape index (κ3) is 4.51. The van der Waals surface area contributed by atoms with Gasteiger partial charge in [-0.1, -0.05) is 6.07 Å². The van der Waals surface area contributed by atoms with Crippen LogP contribution >= 0.6 is 15.9 Å². The zero-order valence-electron chi connectivity index (χ0n) is 10.1. The molecular weight excluding hydrogens is 268 g/mol. The van der Waals surface area contributed by atoms with E-state index >= 15 is 0 Å². The molecule has 16 heavy (non-hydrogen) atoms. The first-order chi connectivity index (χ1) is 7.49. The van der Waals surface area contributed by atoms with Gasteiger partial charge in [0.1, 0.15) is 5.75 Å². The van der Waals surface area contributed by atoms with E-state index < -0.39 is 0 Å². The molecule has 0 saturated heterocycles. The van der Waals surface area contributed by atoms with E-state index in [4.69, 9.17) is 0 Å². The van der Waals surface area contributed by atoms with Crippen molar-refractivity contribution in [3.63, 3.8) is 0 Å². The average Bonchev–Trinajstić information content (AvgIpc) is 2.21. The van der Waals surface area contributed by atoms with Crippen LogP contribution in [-0.2, 0) is 6.54 Å². The van der Waals surface area contributed by atoms with E-state index in [0.29, 0.717) is 5.75 Å². The van der Waals surface area contributed by atoms with Crippen molar-refractivity contribution in [3.8, 4) is 5.75 Å². The van der Waals surface area contributed by atoms with Crippen molar-refractivity contribution in [1.82, 2.24) is 9.80 Å². The highest BCUT2D eigenvalue weighted by atomic mass is 79.9. The van der Waals surface area contributed by atoms with Gasteiger partial charge in [-0.3, -0.25) is 0 Å². The van der Waals surface area contributed by atoms with Crippen molar-refractivity contribution in [2.24, 2.45) is 0 Å². The van der Waals surface area contributed by atoms with Gasteiger partial charge in [-0.25, -0.2) is 0 Å². The Kier molecular flexibility index (Phi) is 5.25. The van der Waals surface area contributed by atoms with Gasteiger partial charge in [-0.2, -0.15) is 0 Å². The monoisotopic (exact) mass is 286 g/mol. The number of hydrogen-bond donors (Lipinski definition) is 1. The van der Waals surface area contributed by atoms with Gasteiger partial charge in [0.05, 0.1) is 4.47 Å². The summed E-state index contributed by atoms with van der Waals surface area (Å²) in [6.07, 6.45) is 0. The number of nitrogens with zero attached hydrogens (tertiary/aromatic N) is 2. The van der Waals surface area contributed by atoms with Crippen LogP contribution in [-0.4, -0.2) is 49.1 Å². The molecule has 0 amide bonds. The summed E-state index contributed by atoms with van der Waals surface area (Å²) in [5.41, 5.74) is 1.20. The summed E-state index contributed by atoms with van der Waals surface area (Å²) in [5.74, 6) is 0.291. The highest BCUT2D eigenvalue weighted by Crippen LogP contribution is 2.24. The molecule has 0 spiro atoms. The van der Waals surface area contributed by atoms with Crippen molar-refractivity contribution in [2.45, 2.75) is 6.54 Å². The van der Waals surface area contributed by atoms with Crippen LogP contribution in [0.25, 0.3) is 0 Å². The van der Waals surface area contributed by atoms with Gasteiger partial charge in [0.2, 0.25) is 0 Å². The van der Waals surface area contributed by atoms with Gasteiger partial charge >= 0.3 is 0 Å². The normalized spacial score (nSPS) is 11.4. The summed E-state index contributed by atoms with van der Waals surface area (Å²) in [6, 6.07) is 5.63. The number of aromatic hydroxyl groups is 1. The first-order valence-corrected chi connectivity index (χ1v) is 6.09. The van der Waals surface area contributed by atoms with Crippen LogP contribution in [0.2, 0.25) is 0 Å². The van der Waals surface area contributed by atoms with Crippen LogP contribution in [0.1, 0.15) is 5.56 Å². The van der Waals surface area contributed by atoms with Gasteiger partial charge in [0.15, 0.2) is 0 Å². The summed E-state index contributed by atoms with van der Waals surface area (Å²) in [6.45, 7) is 2.98. The Morgan fingerprint density at radius 1 is 1.19 bits per heavy atom. The second-order valence-corrected chi connectivity index (χ2v) is 5.18. The zero-order chi connectivity index (χ0) is 12.1. The molecule has 1 aromatic carbocycles. The lowest BCUT2D eigenvalue weighted by Crippen LogP contribution is -2.28. The van der Waals surface area contributed by atoms with Crippen molar-refractivity contribution in [2.75, 3.05) is 34.2 Å². The Morgan fingerprint density at radius 3 is 2.44 bits per heavy atom. The smallest absolute Gasteiger partial charge is 0.129 e. The molecule has 3 nitrogen and oxygen atoms in total. The van der Waals surface area contributed by atoms with Crippen molar-refractivity contribution in [1.29, 1.82) is 0 Å². The summed E-state index contributed by atoms with van der Waals surface area (Å²) in [4.78, 5) is 4.43. The molecule has 0 radical (unpaired) electrons. The first-order valence-electron chi connectivity index (χ1n) is 5.29. The minimum absolute atomic E-state index is 0.291. The minimum Gasteiger partial charge on any atom is -0.507 e. The lowest BCUT2D eigenvalue weighted by molar-refractivity contribution is 0.276. The molecule has 0 bridgehead atoms. The molecule has 0 aliphatic carbocycles. The van der Waals surface area contributed by atoms with Crippen LogP contribution in [0.15, 0.2) is 22.7 Å². The molecular formula is C12H19BrN2O. The maximum Gasteiger partial charge on any atom is 0.129 e. The van der Waals surface area contributed by atoms with Crippen molar-refractivity contribution < 1.29 is 5.11 Å². The predicted molar refractivity (Wildman–Crippen MR) is 70.7 cm³/mol. The molecule has 0 aliphatic rings. The molecule has 0 unspecified atom stereocenters. The van der Waals surface area contributed by atoms with Crippen LogP contribution < -0.4 is 0 Å². The van der Waals surface area contributed by atoms with Crippen LogP contribution in [0.4, 0.5) is 0 Å². The summed E-state index contributed by atoms with van der Waals surface area (Å²) in [5, 5.41) is 9.39. The highest BCUT2D eigenvalue weighted by Gasteiger charge is 2.03. The number of likely N-dealkylation sites (N-methyl/N-ethyl adjacent to an activating group) is 2. The largest absolute Gasteiger partial charge is 0.507 e. The van der Waals surface area contributed by atoms with Gasteiger partial charge in [0.25, 0.3) is 0 Å². The standard InChI is InChI=1S/C12H19BrN2O/c1-14(2)6-7-15(3)9-10-4-5-12(16)11(13)8-10/h4-5,8,16H,6-7,9H2,1-3H3. The molecule has 0 aliphatic heterocycles. The molecule has 0 aromatic heterocycles. The van der Waals surface area contributed by atoms with Gasteiger partial charge < -0.3 is 14.9 Å². The predicted octanol–water partition coefficient (Wildman–Crippen LogP) is 2.15. The molecule has 1 N–H and O–H groups in total. The topological polar surface area (TPSA) is 26.7 Å². The number of rotatable bonds is 5. The fraction of sp³-hybridized carbons (Fsp3) is 0.500. The fourth-order valence-electron chi connectivity index (χ4n) is 1.41. The lowest BCUT2D eigenvalue weighted by Gasteiger charge is -2.19. The maximum atomic E-state index is 9.39. The minimum atomic E-state index is 0.291. The molecule has 1 aromatic rings. The zero-order valence-corrected chi connectivity index (χ0v) is 11.7. The van der Waals surface area contributed by atoms with Gasteiger partial charge in [-0.15, -0.1) is 0 Å². The second-order valence-electron chi connectivity index (χ2n) is 4.33. The van der Waals surface area contributed by atoms with E-state index in [1.54, 1.807) is 6.07 Å². The molecule has 0 heterocycles. The third-order valence-corrected chi connectivity index (χ3v) is 3.03. The van der Waals surface area contributed by atoms with Crippen molar-refractivity contribution >= 4 is 15.9 Å². The number of halogens is 1. The Morgan fingerprint density at radius 2 is 1.88 bits per heavy atom. The maximum absolute atomic E-state index is 9.39. The van der Waals surface area contributed by atoms with Gasteiger partial charge in [0, 0.05) is 19.6 Å². The lowest BCUT2D eigenvalue weighted by atomic mass is 10.2. The van der Waals surface area contributed by atoms with Crippen molar-refractivity contribution in [3.05, 3.63) is 28.2 Å². The Balaban J connectivity index is 2.49. The Hall–Kier alpha value is -0.580. The van der Waals surface area contributed by atoms with Gasteiger partial charge in [-0.05, 0) is 54.8 Å². The Labute approximate surface area is 106 Å². The van der Waals surface area contributed by atoms with E-state index in [0.717, 1.165) is 24.1 Å². The molecule has 1 rings (SSSR count). The molecule has 90 valence electrons. The molecule has 0 atom stereocenters. The fourth-order valence-corrected chi connectivity index (χ4v) is 1.84. The van der Waals surface area contributed by atoms with E-state index in [9.17, 15) is 5.11 Å². The average molecular weight is 287 g/mol. The van der Waals surface area contributed by atoms with E-state index in [1.807, 2.05) is 12.1 Å². The molecule has 0 fully saturated rings. The van der Waals surface area contributed by atoms with E-state index in [2.05, 4.69) is 46.9 Å². The number of hydrogen-bond acceptors (Lipinski definition) is 3. The first kappa shape index (κ1) is 13.5. The number of benzene rings is 1. The van der Waals surface area contributed by atoms with E-state index in [-0.39, 0.29) is 0 Å². The number of phenols is 1. The summed E-state index contributed by atoms with van der Waals surface area (Å²) in [7, 11) is 6.25. The third-order valence-electron chi connectivity index (χ3n) is 2.39. The van der Waals surface area contributed by atoms with Crippen LogP contribution in [0, 0.1) is 0 Å². The molecule has 4 heteroatoms. The molecule has 0 saturated carbocycles. The Bertz CT molecular complexity index is 342. The van der Waals surface area contributed by atoms with Crippen LogP contribution in [0.3, 0.4) is 0 Å². The second kappa shape index (κ2) is 6.23. The SMILES string of the molecule is CN(C)CCN(C)Cc1ccc(O)c(Br)c1.